The van der Waals surface area contributed by atoms with Crippen molar-refractivity contribution in [2.45, 2.75) is 32.9 Å². The Morgan fingerprint density at radius 1 is 1.38 bits per heavy atom. The molecule has 1 aromatic rings. The molecule has 2 unspecified atom stereocenters. The molecule has 0 bridgehead atoms. The fourth-order valence-corrected chi connectivity index (χ4v) is 2.07. The van der Waals surface area contributed by atoms with Crippen LogP contribution in [0.1, 0.15) is 30.3 Å². The molecule has 2 rings (SSSR count). The van der Waals surface area contributed by atoms with Gasteiger partial charge in [0.1, 0.15) is 5.82 Å². The van der Waals surface area contributed by atoms with Crippen molar-refractivity contribution >= 4 is 5.91 Å². The maximum atomic E-state index is 12.1. The number of carbonyl (C=O) groups excluding carboxylic acids is 1. The van der Waals surface area contributed by atoms with Crippen molar-refractivity contribution in [1.82, 2.24) is 25.4 Å². The molecule has 0 spiro atoms. The van der Waals surface area contributed by atoms with Crippen LogP contribution in [0.3, 0.4) is 0 Å². The monoisotopic (exact) mass is 223 g/mol. The van der Waals surface area contributed by atoms with Crippen molar-refractivity contribution in [3.05, 3.63) is 11.6 Å². The number of carbonyl (C=O) groups is 1. The van der Waals surface area contributed by atoms with Gasteiger partial charge in [0.15, 0.2) is 0 Å². The van der Waals surface area contributed by atoms with Crippen molar-refractivity contribution < 1.29 is 4.79 Å². The van der Waals surface area contributed by atoms with E-state index in [4.69, 9.17) is 0 Å². The first-order valence-electron chi connectivity index (χ1n) is 5.50. The van der Waals surface area contributed by atoms with Crippen LogP contribution >= 0.6 is 0 Å². The van der Waals surface area contributed by atoms with E-state index in [0.29, 0.717) is 31.0 Å². The van der Waals surface area contributed by atoms with Gasteiger partial charge in [-0.2, -0.15) is 0 Å². The van der Waals surface area contributed by atoms with Gasteiger partial charge in [-0.25, -0.2) is 4.98 Å². The normalized spacial score (nSPS) is 25.8. The molecular weight excluding hydrogens is 206 g/mol. The minimum Gasteiger partial charge on any atom is -0.333 e. The average molecular weight is 223 g/mol. The number of nitrogens with one attached hydrogen (secondary N) is 2. The summed E-state index contributed by atoms with van der Waals surface area (Å²) in [4.78, 5) is 17.9. The summed E-state index contributed by atoms with van der Waals surface area (Å²) in [6.07, 6.45) is 0. The topological polar surface area (TPSA) is 73.9 Å². The van der Waals surface area contributed by atoms with Gasteiger partial charge in [-0.1, -0.05) is 0 Å². The van der Waals surface area contributed by atoms with Crippen LogP contribution in [0.15, 0.2) is 0 Å². The Labute approximate surface area is 94.4 Å². The van der Waals surface area contributed by atoms with E-state index in [9.17, 15) is 4.79 Å². The molecular formula is C10H17N5O. The highest BCUT2D eigenvalue weighted by Crippen LogP contribution is 2.07. The Morgan fingerprint density at radius 3 is 2.50 bits per heavy atom. The third-order valence-electron chi connectivity index (χ3n) is 2.63. The molecule has 1 aliphatic heterocycles. The number of aromatic amines is 1. The highest BCUT2D eigenvalue weighted by molar-refractivity contribution is 5.90. The minimum atomic E-state index is -0.0930. The van der Waals surface area contributed by atoms with Gasteiger partial charge in [-0.15, -0.1) is 5.10 Å². The predicted octanol–water partition coefficient (Wildman–Crippen LogP) is -0.0645. The zero-order valence-corrected chi connectivity index (χ0v) is 9.82. The summed E-state index contributed by atoms with van der Waals surface area (Å²) in [5, 5.41) is 9.96. The van der Waals surface area contributed by atoms with E-state index in [1.54, 1.807) is 11.8 Å². The standard InChI is InChI=1S/C10H17N5O/c1-6-4-15(5-7(2)11-6)10(16)9-12-8(3)13-14-9/h6-7,11H,4-5H2,1-3H3,(H,12,13,14). The Kier molecular flexibility index (Phi) is 2.91. The van der Waals surface area contributed by atoms with E-state index >= 15 is 0 Å². The second-order valence-electron chi connectivity index (χ2n) is 4.42. The summed E-state index contributed by atoms with van der Waals surface area (Å²) in [6.45, 7) is 7.33. The van der Waals surface area contributed by atoms with Gasteiger partial charge in [-0.05, 0) is 20.8 Å². The molecule has 1 fully saturated rings. The van der Waals surface area contributed by atoms with Crippen LogP contribution in [0.25, 0.3) is 0 Å². The molecule has 0 aliphatic carbocycles. The van der Waals surface area contributed by atoms with Crippen molar-refractivity contribution in [3.63, 3.8) is 0 Å². The first-order chi connectivity index (χ1) is 7.56. The quantitative estimate of drug-likeness (QED) is 0.699. The van der Waals surface area contributed by atoms with E-state index in [0.717, 1.165) is 0 Å². The van der Waals surface area contributed by atoms with Crippen LogP contribution in [0.4, 0.5) is 0 Å². The summed E-state index contributed by atoms with van der Waals surface area (Å²) < 4.78 is 0. The minimum absolute atomic E-state index is 0.0930. The summed E-state index contributed by atoms with van der Waals surface area (Å²) in [6, 6.07) is 0.625. The lowest BCUT2D eigenvalue weighted by atomic mass is 10.1. The smallest absolute Gasteiger partial charge is 0.293 e. The number of piperazine rings is 1. The van der Waals surface area contributed by atoms with Crippen LogP contribution in [0.5, 0.6) is 0 Å². The number of rotatable bonds is 1. The van der Waals surface area contributed by atoms with Gasteiger partial charge in [0.05, 0.1) is 0 Å². The zero-order valence-electron chi connectivity index (χ0n) is 9.82. The number of hydrogen-bond acceptors (Lipinski definition) is 4. The third-order valence-corrected chi connectivity index (χ3v) is 2.63. The van der Waals surface area contributed by atoms with E-state index in [1.165, 1.54) is 0 Å². The van der Waals surface area contributed by atoms with Crippen LogP contribution < -0.4 is 5.32 Å². The van der Waals surface area contributed by atoms with Gasteiger partial charge in [0.25, 0.3) is 5.91 Å². The number of aryl methyl sites for hydroxylation is 1. The summed E-state index contributed by atoms with van der Waals surface area (Å²) >= 11 is 0. The largest absolute Gasteiger partial charge is 0.333 e. The lowest BCUT2D eigenvalue weighted by molar-refractivity contribution is 0.0662. The Balaban J connectivity index is 2.09. The van der Waals surface area contributed by atoms with Crippen LogP contribution in [-0.2, 0) is 0 Å². The molecule has 0 saturated carbocycles. The molecule has 1 aromatic heterocycles. The molecule has 2 heterocycles. The van der Waals surface area contributed by atoms with Gasteiger partial charge in [0, 0.05) is 25.2 Å². The van der Waals surface area contributed by atoms with E-state index < -0.39 is 0 Å². The second-order valence-corrected chi connectivity index (χ2v) is 4.42. The summed E-state index contributed by atoms with van der Waals surface area (Å²) in [7, 11) is 0. The Morgan fingerprint density at radius 2 is 2.00 bits per heavy atom. The fourth-order valence-electron chi connectivity index (χ4n) is 2.07. The van der Waals surface area contributed by atoms with E-state index in [2.05, 4.69) is 34.3 Å². The van der Waals surface area contributed by atoms with Crippen molar-refractivity contribution in [2.24, 2.45) is 0 Å². The zero-order chi connectivity index (χ0) is 11.7. The molecule has 1 aliphatic rings. The maximum absolute atomic E-state index is 12.1. The second kappa shape index (κ2) is 4.21. The highest BCUT2D eigenvalue weighted by Gasteiger charge is 2.27. The SMILES string of the molecule is Cc1nc(C(=O)N2CC(C)NC(C)C2)n[nH]1. The molecule has 0 radical (unpaired) electrons. The van der Waals surface area contributed by atoms with Crippen molar-refractivity contribution in [2.75, 3.05) is 13.1 Å². The molecule has 6 heteroatoms. The molecule has 16 heavy (non-hydrogen) atoms. The third kappa shape index (κ3) is 2.21. The summed E-state index contributed by atoms with van der Waals surface area (Å²) in [5.41, 5.74) is 0. The number of hydrogen-bond donors (Lipinski definition) is 2. The van der Waals surface area contributed by atoms with Gasteiger partial charge < -0.3 is 10.2 Å². The fraction of sp³-hybridized carbons (Fsp3) is 0.700. The molecule has 6 nitrogen and oxygen atoms in total. The lowest BCUT2D eigenvalue weighted by Gasteiger charge is -2.35. The number of H-pyrrole nitrogens is 1. The highest BCUT2D eigenvalue weighted by atomic mass is 16.2. The van der Waals surface area contributed by atoms with E-state index in [1.807, 2.05) is 0 Å². The summed E-state index contributed by atoms with van der Waals surface area (Å²) in [5.74, 6) is 0.836. The molecule has 1 saturated heterocycles. The molecule has 88 valence electrons. The van der Waals surface area contributed by atoms with Crippen LogP contribution in [0, 0.1) is 6.92 Å². The maximum Gasteiger partial charge on any atom is 0.293 e. The number of amides is 1. The molecule has 0 aromatic carbocycles. The first-order valence-corrected chi connectivity index (χ1v) is 5.50. The van der Waals surface area contributed by atoms with Crippen molar-refractivity contribution in [3.8, 4) is 0 Å². The Hall–Kier alpha value is -1.43. The average Bonchev–Trinajstić information content (AvgIpc) is 2.62. The number of nitrogens with zero attached hydrogens (tertiary/aromatic N) is 3. The number of aromatic nitrogens is 3. The lowest BCUT2D eigenvalue weighted by Crippen LogP contribution is -2.56. The predicted molar refractivity (Wildman–Crippen MR) is 59.1 cm³/mol. The van der Waals surface area contributed by atoms with Crippen LogP contribution in [0.2, 0.25) is 0 Å². The molecule has 2 N–H and O–H groups in total. The van der Waals surface area contributed by atoms with Crippen LogP contribution in [-0.4, -0.2) is 51.2 Å². The molecule has 1 amide bonds. The van der Waals surface area contributed by atoms with Gasteiger partial charge in [0.2, 0.25) is 5.82 Å². The van der Waals surface area contributed by atoms with Gasteiger partial charge in [-0.3, -0.25) is 9.89 Å². The van der Waals surface area contributed by atoms with Gasteiger partial charge >= 0.3 is 0 Å². The molecule has 2 atom stereocenters. The van der Waals surface area contributed by atoms with Crippen molar-refractivity contribution in [1.29, 1.82) is 0 Å². The van der Waals surface area contributed by atoms with E-state index in [-0.39, 0.29) is 11.7 Å². The first kappa shape index (κ1) is 11.1. The Bertz CT molecular complexity index is 378.